The number of piperidine rings is 1. The van der Waals surface area contributed by atoms with Crippen molar-refractivity contribution in [2.24, 2.45) is 7.05 Å². The second-order valence-electron chi connectivity index (χ2n) is 7.50. The van der Waals surface area contributed by atoms with E-state index < -0.39 is 11.7 Å². The average molecular weight is 458 g/mol. The molecular formula is C22H21F3N6O2. The second-order valence-corrected chi connectivity index (χ2v) is 7.50. The SMILES string of the molecule is Cn1ncc(NC(=O)N2CCC(=Cc3cccc(Oc4ccc(C(F)(F)F)cn4)c3)CC2)n1. The summed E-state index contributed by atoms with van der Waals surface area (Å²) in [5, 5.41) is 10.7. The van der Waals surface area contributed by atoms with Crippen LogP contribution in [0, 0.1) is 0 Å². The number of urea groups is 1. The van der Waals surface area contributed by atoms with Gasteiger partial charge in [0, 0.05) is 32.4 Å². The minimum atomic E-state index is -4.44. The van der Waals surface area contributed by atoms with Crippen LogP contribution in [0.1, 0.15) is 24.0 Å². The molecule has 1 fully saturated rings. The Kier molecular flexibility index (Phi) is 6.29. The van der Waals surface area contributed by atoms with Crippen LogP contribution in [0.4, 0.5) is 23.8 Å². The molecule has 0 radical (unpaired) electrons. The number of nitrogens with zero attached hydrogens (tertiary/aromatic N) is 5. The zero-order valence-corrected chi connectivity index (χ0v) is 17.7. The number of nitrogens with one attached hydrogen (secondary N) is 1. The van der Waals surface area contributed by atoms with Crippen LogP contribution in [0.25, 0.3) is 6.08 Å². The Hall–Kier alpha value is -3.89. The normalized spacial score (nSPS) is 14.2. The molecule has 2 aromatic heterocycles. The second kappa shape index (κ2) is 9.31. The first-order valence-corrected chi connectivity index (χ1v) is 10.2. The maximum absolute atomic E-state index is 12.7. The Morgan fingerprint density at radius 3 is 2.58 bits per heavy atom. The minimum Gasteiger partial charge on any atom is -0.439 e. The Morgan fingerprint density at radius 1 is 1.15 bits per heavy atom. The number of aromatic nitrogens is 4. The van der Waals surface area contributed by atoms with Crippen molar-refractivity contribution in [1.29, 1.82) is 0 Å². The highest BCUT2D eigenvalue weighted by Gasteiger charge is 2.30. The highest BCUT2D eigenvalue weighted by Crippen LogP contribution is 2.30. The number of alkyl halides is 3. The van der Waals surface area contributed by atoms with Crippen LogP contribution in [-0.2, 0) is 13.2 Å². The van der Waals surface area contributed by atoms with Gasteiger partial charge in [-0.15, -0.1) is 5.10 Å². The maximum Gasteiger partial charge on any atom is 0.417 e. The first-order chi connectivity index (χ1) is 15.8. The minimum absolute atomic E-state index is 0.0789. The van der Waals surface area contributed by atoms with Crippen LogP contribution in [0.15, 0.2) is 54.4 Å². The predicted molar refractivity (Wildman–Crippen MR) is 115 cm³/mol. The van der Waals surface area contributed by atoms with Gasteiger partial charge < -0.3 is 9.64 Å². The molecule has 3 aromatic rings. The van der Waals surface area contributed by atoms with Crippen molar-refractivity contribution in [2.45, 2.75) is 19.0 Å². The van der Waals surface area contributed by atoms with E-state index in [1.54, 1.807) is 30.1 Å². The fourth-order valence-electron chi connectivity index (χ4n) is 3.37. The fourth-order valence-corrected chi connectivity index (χ4v) is 3.37. The molecule has 3 heterocycles. The summed E-state index contributed by atoms with van der Waals surface area (Å²) in [6, 6.07) is 9.12. The largest absolute Gasteiger partial charge is 0.439 e. The van der Waals surface area contributed by atoms with E-state index in [0.29, 0.717) is 24.7 Å². The van der Waals surface area contributed by atoms with E-state index in [9.17, 15) is 18.0 Å². The van der Waals surface area contributed by atoms with E-state index in [-0.39, 0.29) is 11.9 Å². The molecule has 33 heavy (non-hydrogen) atoms. The lowest BCUT2D eigenvalue weighted by Gasteiger charge is -2.28. The number of carbonyl (C=O) groups is 1. The van der Waals surface area contributed by atoms with Crippen LogP contribution in [0.3, 0.4) is 0 Å². The third kappa shape index (κ3) is 5.88. The molecule has 11 heteroatoms. The Labute approximate surface area is 187 Å². The molecule has 172 valence electrons. The van der Waals surface area contributed by atoms with Crippen LogP contribution in [0.5, 0.6) is 11.6 Å². The Balaban J connectivity index is 1.34. The van der Waals surface area contributed by atoms with Crippen molar-refractivity contribution in [3.8, 4) is 11.6 Å². The maximum atomic E-state index is 12.7. The van der Waals surface area contributed by atoms with Crippen molar-refractivity contribution in [1.82, 2.24) is 24.9 Å². The molecule has 1 aliphatic heterocycles. The molecule has 0 spiro atoms. The molecule has 1 aliphatic rings. The molecule has 0 aliphatic carbocycles. The van der Waals surface area contributed by atoms with Gasteiger partial charge in [0.25, 0.3) is 0 Å². The molecule has 0 atom stereocenters. The number of ether oxygens (including phenoxy) is 1. The van der Waals surface area contributed by atoms with E-state index in [2.05, 4.69) is 20.5 Å². The number of pyridine rings is 1. The molecule has 0 bridgehead atoms. The molecule has 1 saturated heterocycles. The van der Waals surface area contributed by atoms with Gasteiger partial charge >= 0.3 is 12.2 Å². The van der Waals surface area contributed by atoms with Crippen molar-refractivity contribution in [3.63, 3.8) is 0 Å². The number of rotatable bonds is 4. The highest BCUT2D eigenvalue weighted by atomic mass is 19.4. The summed E-state index contributed by atoms with van der Waals surface area (Å²) in [6.45, 7) is 1.15. The number of anilines is 1. The average Bonchev–Trinajstić information content (AvgIpc) is 3.19. The third-order valence-electron chi connectivity index (χ3n) is 5.04. The van der Waals surface area contributed by atoms with Gasteiger partial charge in [0.15, 0.2) is 5.82 Å². The summed E-state index contributed by atoms with van der Waals surface area (Å²) >= 11 is 0. The van der Waals surface area contributed by atoms with Crippen LogP contribution in [-0.4, -0.2) is 44.0 Å². The van der Waals surface area contributed by atoms with E-state index >= 15 is 0 Å². The summed E-state index contributed by atoms with van der Waals surface area (Å²) < 4.78 is 43.6. The van der Waals surface area contributed by atoms with Gasteiger partial charge in [0.2, 0.25) is 5.88 Å². The molecule has 4 rings (SSSR count). The quantitative estimate of drug-likeness (QED) is 0.611. The van der Waals surface area contributed by atoms with Crippen LogP contribution in [0.2, 0.25) is 0 Å². The number of halogens is 3. The molecule has 1 N–H and O–H groups in total. The first kappa shape index (κ1) is 22.3. The number of hydrogen-bond donors (Lipinski definition) is 1. The van der Waals surface area contributed by atoms with Crippen LogP contribution >= 0.6 is 0 Å². The van der Waals surface area contributed by atoms with E-state index in [1.807, 2.05) is 12.1 Å². The smallest absolute Gasteiger partial charge is 0.417 e. The van der Waals surface area contributed by atoms with Crippen molar-refractivity contribution >= 4 is 17.9 Å². The van der Waals surface area contributed by atoms with Crippen LogP contribution < -0.4 is 10.1 Å². The fraction of sp³-hybridized carbons (Fsp3) is 0.273. The summed E-state index contributed by atoms with van der Waals surface area (Å²) in [5.41, 5.74) is 1.25. The summed E-state index contributed by atoms with van der Waals surface area (Å²) in [7, 11) is 1.67. The topological polar surface area (TPSA) is 85.2 Å². The number of aryl methyl sites for hydroxylation is 1. The van der Waals surface area contributed by atoms with Gasteiger partial charge in [-0.2, -0.15) is 23.1 Å². The summed E-state index contributed by atoms with van der Waals surface area (Å²) in [6.07, 6.45) is 1.27. The number of carbonyl (C=O) groups excluding carboxylic acids is 1. The van der Waals surface area contributed by atoms with Gasteiger partial charge in [0.05, 0.1) is 11.8 Å². The lowest BCUT2D eigenvalue weighted by atomic mass is 10.0. The molecule has 0 saturated carbocycles. The van der Waals surface area contributed by atoms with Crippen molar-refractivity contribution in [2.75, 3.05) is 18.4 Å². The van der Waals surface area contributed by atoms with Crippen molar-refractivity contribution < 1.29 is 22.7 Å². The van der Waals surface area contributed by atoms with E-state index in [0.717, 1.165) is 30.7 Å². The number of likely N-dealkylation sites (tertiary alicyclic amines) is 1. The van der Waals surface area contributed by atoms with Gasteiger partial charge in [-0.1, -0.05) is 23.8 Å². The zero-order chi connectivity index (χ0) is 23.4. The standard InChI is InChI=1S/C22H21F3N6O2/c1-30-27-14-19(29-30)28-21(32)31-9-7-15(8-10-31)11-16-3-2-4-18(12-16)33-20-6-5-17(13-26-20)22(23,24)25/h2-6,11-14H,7-10H2,1H3,(H,28,29,32). The van der Waals surface area contributed by atoms with Crippen molar-refractivity contribution in [3.05, 3.63) is 65.5 Å². The Bertz CT molecular complexity index is 1150. The zero-order valence-electron chi connectivity index (χ0n) is 17.7. The lowest BCUT2D eigenvalue weighted by Crippen LogP contribution is -2.39. The molecule has 8 nitrogen and oxygen atoms in total. The molecule has 1 aromatic carbocycles. The number of amides is 2. The first-order valence-electron chi connectivity index (χ1n) is 10.2. The molecular weight excluding hydrogens is 437 g/mol. The summed E-state index contributed by atoms with van der Waals surface area (Å²) in [4.78, 5) is 19.2. The molecule has 0 unspecified atom stereocenters. The predicted octanol–water partition coefficient (Wildman–Crippen LogP) is 4.73. The summed E-state index contributed by atoms with van der Waals surface area (Å²) in [5.74, 6) is 0.954. The molecule has 2 amide bonds. The highest BCUT2D eigenvalue weighted by molar-refractivity contribution is 5.88. The van der Waals surface area contributed by atoms with Gasteiger partial charge in [0.1, 0.15) is 5.75 Å². The monoisotopic (exact) mass is 458 g/mol. The van der Waals surface area contributed by atoms with E-state index in [1.165, 1.54) is 22.6 Å². The van der Waals surface area contributed by atoms with Gasteiger partial charge in [-0.3, -0.25) is 5.32 Å². The number of hydrogen-bond acceptors (Lipinski definition) is 5. The third-order valence-corrected chi connectivity index (χ3v) is 5.04. The number of benzene rings is 1. The van der Waals surface area contributed by atoms with Gasteiger partial charge in [-0.25, -0.2) is 9.78 Å². The van der Waals surface area contributed by atoms with Gasteiger partial charge in [-0.05, 0) is 36.6 Å². The lowest BCUT2D eigenvalue weighted by molar-refractivity contribution is -0.137. The Morgan fingerprint density at radius 2 is 1.94 bits per heavy atom. The van der Waals surface area contributed by atoms with E-state index in [4.69, 9.17) is 4.74 Å².